The van der Waals surface area contributed by atoms with Crippen molar-refractivity contribution in [1.29, 1.82) is 0 Å². The fraction of sp³-hybridized carbons (Fsp3) is 0.478. The second-order valence-electron chi connectivity index (χ2n) is 8.18. The van der Waals surface area contributed by atoms with Crippen molar-refractivity contribution in [3.05, 3.63) is 47.4 Å². The molecular formula is C23H32N4O3S. The van der Waals surface area contributed by atoms with Gasteiger partial charge in [0.1, 0.15) is 0 Å². The normalized spacial score (nSPS) is 15.9. The maximum Gasteiger partial charge on any atom is 0.184 e. The van der Waals surface area contributed by atoms with E-state index in [1.54, 1.807) is 12.3 Å². The number of nitrogens with zero attached hydrogens (tertiary/aromatic N) is 2. The molecule has 168 valence electrons. The van der Waals surface area contributed by atoms with Crippen molar-refractivity contribution >= 4 is 26.4 Å². The van der Waals surface area contributed by atoms with Gasteiger partial charge in [-0.15, -0.1) is 0 Å². The molecule has 8 heteroatoms. The Kier molecular flexibility index (Phi) is 7.01. The first kappa shape index (κ1) is 23.2. The predicted octanol–water partition coefficient (Wildman–Crippen LogP) is 4.21. The number of hydrogen-bond donors (Lipinski definition) is 2. The van der Waals surface area contributed by atoms with Crippen LogP contribution < -0.4 is 5.32 Å². The van der Waals surface area contributed by atoms with E-state index < -0.39 is 14.6 Å². The van der Waals surface area contributed by atoms with Gasteiger partial charge in [0.05, 0.1) is 21.4 Å². The van der Waals surface area contributed by atoms with Gasteiger partial charge in [-0.2, -0.15) is 5.10 Å². The predicted molar refractivity (Wildman–Crippen MR) is 124 cm³/mol. The topological polar surface area (TPSA) is 97.0 Å². The Bertz CT molecular complexity index is 1130. The number of pyridine rings is 1. The summed E-state index contributed by atoms with van der Waals surface area (Å²) >= 11 is 0. The van der Waals surface area contributed by atoms with Crippen LogP contribution in [0.25, 0.3) is 10.9 Å². The van der Waals surface area contributed by atoms with E-state index in [-0.39, 0.29) is 0 Å². The lowest BCUT2D eigenvalue weighted by atomic mass is 10.0. The maximum absolute atomic E-state index is 13.4. The molecule has 1 fully saturated rings. The van der Waals surface area contributed by atoms with Crippen LogP contribution in [0.3, 0.4) is 0 Å². The average molecular weight is 445 g/mol. The third-order valence-corrected chi connectivity index (χ3v) is 8.81. The second kappa shape index (κ2) is 9.36. The summed E-state index contributed by atoms with van der Waals surface area (Å²) in [4.78, 5) is 4.83. The highest BCUT2D eigenvalue weighted by Gasteiger charge is 2.42. The molecule has 31 heavy (non-hydrogen) atoms. The Morgan fingerprint density at radius 2 is 1.94 bits per heavy atom. The van der Waals surface area contributed by atoms with Crippen LogP contribution >= 0.6 is 0 Å². The molecule has 0 bridgehead atoms. The number of aryl methyl sites for hydroxylation is 3. The van der Waals surface area contributed by atoms with E-state index in [2.05, 4.69) is 20.5 Å². The molecule has 1 aliphatic rings. The first-order valence-electron chi connectivity index (χ1n) is 10.6. The van der Waals surface area contributed by atoms with Crippen LogP contribution in [-0.4, -0.2) is 48.6 Å². The second-order valence-corrected chi connectivity index (χ2v) is 10.6. The largest absolute Gasteiger partial charge is 0.388 e. The molecule has 7 nitrogen and oxygen atoms in total. The van der Waals surface area contributed by atoms with Crippen LogP contribution in [-0.2, 0) is 21.0 Å². The summed E-state index contributed by atoms with van der Waals surface area (Å²) in [5.74, 6) is 0. The molecule has 0 atom stereocenters. The summed E-state index contributed by atoms with van der Waals surface area (Å²) in [5.41, 5.74) is 4.90. The van der Waals surface area contributed by atoms with E-state index in [1.165, 1.54) is 5.56 Å². The lowest BCUT2D eigenvalue weighted by Gasteiger charge is -2.33. The number of hydrogen-bond acceptors (Lipinski definition) is 6. The molecule has 0 spiro atoms. The van der Waals surface area contributed by atoms with Crippen molar-refractivity contribution in [2.24, 2.45) is 0 Å². The molecular weight excluding hydrogens is 412 g/mol. The van der Waals surface area contributed by atoms with E-state index in [9.17, 15) is 8.42 Å². The highest BCUT2D eigenvalue weighted by atomic mass is 32.2. The Morgan fingerprint density at radius 3 is 2.45 bits per heavy atom. The minimum atomic E-state index is -3.46. The van der Waals surface area contributed by atoms with Gasteiger partial charge >= 0.3 is 0 Å². The molecule has 0 saturated carbocycles. The highest BCUT2D eigenvalue weighted by Crippen LogP contribution is 2.38. The fourth-order valence-corrected chi connectivity index (χ4v) is 5.77. The van der Waals surface area contributed by atoms with Gasteiger partial charge in [-0.05, 0) is 69.4 Å². The van der Waals surface area contributed by atoms with E-state index in [1.807, 2.05) is 53.1 Å². The highest BCUT2D eigenvalue weighted by molar-refractivity contribution is 7.92. The summed E-state index contributed by atoms with van der Waals surface area (Å²) in [6.07, 6.45) is 5.27. The number of H-pyrrole nitrogens is 1. The zero-order chi connectivity index (χ0) is 22.6. The van der Waals surface area contributed by atoms with Gasteiger partial charge in [0.25, 0.3) is 0 Å². The molecule has 0 radical (unpaired) electrons. The van der Waals surface area contributed by atoms with Crippen molar-refractivity contribution in [2.45, 2.75) is 56.6 Å². The summed E-state index contributed by atoms with van der Waals surface area (Å²) in [6.45, 7) is 8.84. The van der Waals surface area contributed by atoms with Gasteiger partial charge in [-0.1, -0.05) is 6.92 Å². The first-order chi connectivity index (χ1) is 14.7. The lowest BCUT2D eigenvalue weighted by molar-refractivity contribution is 0.0789. The van der Waals surface area contributed by atoms with E-state index >= 15 is 0 Å². The summed E-state index contributed by atoms with van der Waals surface area (Å²) in [5, 5.41) is 10.6. The zero-order valence-corrected chi connectivity index (χ0v) is 19.8. The molecule has 3 heterocycles. The molecule has 0 amide bonds. The van der Waals surface area contributed by atoms with E-state index in [0.717, 1.165) is 27.8 Å². The Hall–Kier alpha value is -2.45. The molecule has 2 aromatic heterocycles. The van der Waals surface area contributed by atoms with Gasteiger partial charge in [0, 0.05) is 43.2 Å². The molecule has 4 rings (SSSR count). The standard InChI is InChI=1S/C18H24N2O3S.C5H8N2/c1-4-13-11-16-14(15(19-3)5-8-20-16)12-17(13)24(21,22)18(2)6-9-23-10-7-18;1-4-3-6-7-5(4)2/h5,8,11-12H,4,6-7,9-10H2,1-3H3,(H,19,20);3H,1-2H3,(H,6,7). The van der Waals surface area contributed by atoms with Gasteiger partial charge in [-0.3, -0.25) is 10.1 Å². The molecule has 2 N–H and O–H groups in total. The fourth-order valence-electron chi connectivity index (χ4n) is 3.71. The van der Waals surface area contributed by atoms with Crippen LogP contribution in [0.2, 0.25) is 0 Å². The SMILES string of the molecule is CCc1cc2nccc(NC)c2cc1S(=O)(=O)C1(C)CCOCC1.Cc1cn[nH]c1C. The van der Waals surface area contributed by atoms with Gasteiger partial charge in [-0.25, -0.2) is 8.42 Å². The Labute approximate surface area is 184 Å². The molecule has 3 aromatic rings. The van der Waals surface area contributed by atoms with Gasteiger partial charge in [0.15, 0.2) is 9.84 Å². The Morgan fingerprint density at radius 1 is 1.23 bits per heavy atom. The van der Waals surface area contributed by atoms with Crippen molar-refractivity contribution in [3.8, 4) is 0 Å². The van der Waals surface area contributed by atoms with E-state index in [0.29, 0.717) is 37.4 Å². The van der Waals surface area contributed by atoms with Crippen molar-refractivity contribution in [3.63, 3.8) is 0 Å². The van der Waals surface area contributed by atoms with Crippen LogP contribution in [0.15, 0.2) is 35.5 Å². The van der Waals surface area contributed by atoms with Crippen molar-refractivity contribution < 1.29 is 13.2 Å². The van der Waals surface area contributed by atoms with Crippen LogP contribution in [0.4, 0.5) is 5.69 Å². The van der Waals surface area contributed by atoms with Crippen LogP contribution in [0, 0.1) is 13.8 Å². The number of benzene rings is 1. The van der Waals surface area contributed by atoms with Gasteiger partial charge < -0.3 is 10.1 Å². The molecule has 1 saturated heterocycles. The Balaban J connectivity index is 0.000000330. The maximum atomic E-state index is 13.4. The number of sulfone groups is 1. The molecule has 0 unspecified atom stereocenters. The number of fused-ring (bicyclic) bond motifs is 1. The first-order valence-corrected chi connectivity index (χ1v) is 12.1. The van der Waals surface area contributed by atoms with E-state index in [4.69, 9.17) is 4.74 Å². The van der Waals surface area contributed by atoms with Crippen molar-refractivity contribution in [2.75, 3.05) is 25.6 Å². The summed E-state index contributed by atoms with van der Waals surface area (Å²) in [6, 6.07) is 5.56. The van der Waals surface area contributed by atoms with Gasteiger partial charge in [0.2, 0.25) is 0 Å². The summed E-state index contributed by atoms with van der Waals surface area (Å²) < 4.78 is 31.5. The number of aromatic amines is 1. The molecule has 1 aromatic carbocycles. The zero-order valence-electron chi connectivity index (χ0n) is 18.9. The number of nitrogens with one attached hydrogen (secondary N) is 2. The smallest absolute Gasteiger partial charge is 0.184 e. The number of ether oxygens (including phenoxy) is 1. The van der Waals surface area contributed by atoms with Crippen LogP contribution in [0.1, 0.15) is 43.5 Å². The average Bonchev–Trinajstić information content (AvgIpc) is 3.15. The van der Waals surface area contributed by atoms with Crippen LogP contribution in [0.5, 0.6) is 0 Å². The number of rotatable bonds is 4. The number of aromatic nitrogens is 3. The third kappa shape index (κ3) is 4.60. The minimum Gasteiger partial charge on any atom is -0.388 e. The summed E-state index contributed by atoms with van der Waals surface area (Å²) in [7, 11) is -1.63. The quantitative estimate of drug-likeness (QED) is 0.626. The third-order valence-electron chi connectivity index (χ3n) is 6.14. The van der Waals surface area contributed by atoms with Crippen molar-refractivity contribution in [1.82, 2.24) is 15.2 Å². The lowest BCUT2D eigenvalue weighted by Crippen LogP contribution is -2.41. The minimum absolute atomic E-state index is 0.436. The monoisotopic (exact) mass is 444 g/mol. The number of anilines is 1. The molecule has 1 aliphatic heterocycles. The molecule has 0 aliphatic carbocycles.